The van der Waals surface area contributed by atoms with Crippen LogP contribution in [-0.4, -0.2) is 22.9 Å². The van der Waals surface area contributed by atoms with Gasteiger partial charge in [-0.05, 0) is 12.2 Å². The lowest BCUT2D eigenvalue weighted by Crippen LogP contribution is -2.27. The summed E-state index contributed by atoms with van der Waals surface area (Å²) in [7, 11) is 0. The van der Waals surface area contributed by atoms with Gasteiger partial charge >= 0.3 is 0 Å². The van der Waals surface area contributed by atoms with Crippen molar-refractivity contribution in [3.05, 3.63) is 17.1 Å². The van der Waals surface area contributed by atoms with Crippen molar-refractivity contribution in [2.75, 3.05) is 11.9 Å². The fraction of sp³-hybridized carbons (Fsp3) is 0.600. The molecule has 0 fully saturated rings. The zero-order valence-corrected chi connectivity index (χ0v) is 6.37. The molecule has 3 nitrogen and oxygen atoms in total. The minimum absolute atomic E-state index is 0.154. The van der Waals surface area contributed by atoms with Gasteiger partial charge in [-0.3, -0.25) is 0 Å². The maximum absolute atomic E-state index is 10.6. The van der Waals surface area contributed by atoms with Crippen LogP contribution in [0.3, 0.4) is 0 Å². The first-order chi connectivity index (χ1) is 4.34. The van der Waals surface area contributed by atoms with Crippen molar-refractivity contribution in [3.63, 3.8) is 0 Å². The van der Waals surface area contributed by atoms with Gasteiger partial charge in [0, 0.05) is 0 Å². The summed E-state index contributed by atoms with van der Waals surface area (Å²) in [6.07, 6.45) is 3.66. The van der Waals surface area contributed by atoms with Crippen molar-refractivity contribution in [1.29, 1.82) is 0 Å². The van der Waals surface area contributed by atoms with Crippen LogP contribution in [0.25, 0.3) is 0 Å². The zero-order valence-electron chi connectivity index (χ0n) is 4.79. The van der Waals surface area contributed by atoms with E-state index in [0.29, 0.717) is 16.9 Å². The molecule has 9 heavy (non-hydrogen) atoms. The van der Waals surface area contributed by atoms with Crippen LogP contribution < -0.4 is 0 Å². The van der Waals surface area contributed by atoms with E-state index in [1.807, 2.05) is 12.2 Å². The molecule has 0 bridgehead atoms. The second-order valence-electron chi connectivity index (χ2n) is 1.73. The van der Waals surface area contributed by atoms with Crippen molar-refractivity contribution < 1.29 is 9.76 Å². The molecule has 0 spiro atoms. The van der Waals surface area contributed by atoms with E-state index in [1.54, 1.807) is 0 Å². The zero-order chi connectivity index (χ0) is 6.69. The molecule has 1 aliphatic heterocycles. The molecule has 0 N–H and O–H groups in total. The standard InChI is InChI=1S/C5H7BrNO2/c6-4-5-2-1-3-9-7(5)8/h1-2,5H,3-4H2/q+1. The highest BCUT2D eigenvalue weighted by atomic mass is 79.9. The average molecular weight is 193 g/mol. The molecular weight excluding hydrogens is 186 g/mol. The molecule has 0 saturated heterocycles. The summed E-state index contributed by atoms with van der Waals surface area (Å²) in [6, 6.07) is -0.154. The summed E-state index contributed by atoms with van der Waals surface area (Å²) in [5.41, 5.74) is 0. The smallest absolute Gasteiger partial charge is 0.227 e. The molecule has 1 unspecified atom stereocenters. The summed E-state index contributed by atoms with van der Waals surface area (Å²) in [5, 5.41) is 0.618. The van der Waals surface area contributed by atoms with Crippen LogP contribution in [0.5, 0.6) is 0 Å². The largest absolute Gasteiger partial charge is 0.285 e. The highest BCUT2D eigenvalue weighted by molar-refractivity contribution is 9.09. The third-order valence-electron chi connectivity index (χ3n) is 1.09. The molecule has 0 radical (unpaired) electrons. The van der Waals surface area contributed by atoms with Crippen LogP contribution >= 0.6 is 15.9 Å². The summed E-state index contributed by atoms with van der Waals surface area (Å²) < 4.78 is 0. The second kappa shape index (κ2) is 2.96. The van der Waals surface area contributed by atoms with Gasteiger partial charge in [0.25, 0.3) is 6.04 Å². The van der Waals surface area contributed by atoms with E-state index in [9.17, 15) is 4.91 Å². The molecule has 50 valence electrons. The molecule has 1 aliphatic rings. The third-order valence-corrected chi connectivity index (χ3v) is 1.75. The first kappa shape index (κ1) is 6.74. The van der Waals surface area contributed by atoms with E-state index in [1.165, 1.54) is 0 Å². The Labute approximate surface area is 61.3 Å². The first-order valence-corrected chi connectivity index (χ1v) is 3.78. The molecule has 0 aromatic carbocycles. The Bertz CT molecular complexity index is 146. The predicted octanol–water partition coefficient (Wildman–Crippen LogP) is 1.03. The van der Waals surface area contributed by atoms with Crippen LogP contribution in [0.1, 0.15) is 0 Å². The summed E-state index contributed by atoms with van der Waals surface area (Å²) in [4.78, 5) is 15.9. The van der Waals surface area contributed by atoms with Gasteiger partial charge < -0.3 is 0 Å². The Morgan fingerprint density at radius 2 is 2.67 bits per heavy atom. The van der Waals surface area contributed by atoms with Crippen molar-refractivity contribution in [3.8, 4) is 0 Å². The van der Waals surface area contributed by atoms with Crippen LogP contribution in [0, 0.1) is 4.91 Å². The molecule has 0 aromatic heterocycles. The highest BCUT2D eigenvalue weighted by Crippen LogP contribution is 2.03. The molecule has 1 rings (SSSR count). The molecule has 0 saturated carbocycles. The molecule has 0 aromatic rings. The van der Waals surface area contributed by atoms with E-state index in [-0.39, 0.29) is 6.04 Å². The monoisotopic (exact) mass is 192 g/mol. The van der Waals surface area contributed by atoms with E-state index < -0.39 is 0 Å². The van der Waals surface area contributed by atoms with Crippen LogP contribution in [0.4, 0.5) is 0 Å². The lowest BCUT2D eigenvalue weighted by Gasteiger charge is -2.02. The summed E-state index contributed by atoms with van der Waals surface area (Å²) in [6.45, 7) is 0.396. The maximum atomic E-state index is 10.6. The quantitative estimate of drug-likeness (QED) is 0.459. The van der Waals surface area contributed by atoms with Gasteiger partial charge in [-0.25, -0.2) is 4.84 Å². The molecular formula is C5H7BrNO2+. The number of hydrogen-bond acceptors (Lipinski definition) is 2. The highest BCUT2D eigenvalue weighted by Gasteiger charge is 2.25. The van der Waals surface area contributed by atoms with Gasteiger partial charge in [-0.1, -0.05) is 15.9 Å². The Morgan fingerprint density at radius 3 is 3.11 bits per heavy atom. The van der Waals surface area contributed by atoms with Crippen molar-refractivity contribution in [1.82, 2.24) is 0 Å². The second-order valence-corrected chi connectivity index (χ2v) is 2.38. The number of halogens is 1. The predicted molar refractivity (Wildman–Crippen MR) is 36.3 cm³/mol. The molecule has 1 heterocycles. The minimum Gasteiger partial charge on any atom is -0.227 e. The summed E-state index contributed by atoms with van der Waals surface area (Å²) in [5.74, 6) is 0. The Hall–Kier alpha value is -0.380. The van der Waals surface area contributed by atoms with Gasteiger partial charge in [0.1, 0.15) is 0 Å². The average Bonchev–Trinajstić information content (AvgIpc) is 1.89. The van der Waals surface area contributed by atoms with Gasteiger partial charge in [0.15, 0.2) is 6.61 Å². The van der Waals surface area contributed by atoms with Crippen LogP contribution in [0.2, 0.25) is 0 Å². The lowest BCUT2D eigenvalue weighted by atomic mass is 10.3. The maximum Gasteiger partial charge on any atom is 0.285 e. The van der Waals surface area contributed by atoms with E-state index in [2.05, 4.69) is 20.8 Å². The number of alkyl halides is 1. The normalized spacial score (nSPS) is 25.9. The topological polar surface area (TPSA) is 29.3 Å². The first-order valence-electron chi connectivity index (χ1n) is 2.66. The van der Waals surface area contributed by atoms with Gasteiger partial charge in [-0.15, -0.1) is 0 Å². The molecule has 0 aliphatic carbocycles. The number of nitrogens with zero attached hydrogens (tertiary/aromatic N) is 1. The van der Waals surface area contributed by atoms with Crippen molar-refractivity contribution in [2.45, 2.75) is 6.04 Å². The van der Waals surface area contributed by atoms with Crippen molar-refractivity contribution in [2.24, 2.45) is 0 Å². The summed E-state index contributed by atoms with van der Waals surface area (Å²) >= 11 is 3.18. The van der Waals surface area contributed by atoms with Crippen LogP contribution in [-0.2, 0) is 4.84 Å². The molecule has 0 amide bonds. The Morgan fingerprint density at radius 1 is 1.89 bits per heavy atom. The van der Waals surface area contributed by atoms with E-state index >= 15 is 0 Å². The van der Waals surface area contributed by atoms with Gasteiger partial charge in [0.2, 0.25) is 4.92 Å². The fourth-order valence-electron chi connectivity index (χ4n) is 0.603. The Kier molecular flexibility index (Phi) is 2.22. The molecule has 1 atom stereocenters. The van der Waals surface area contributed by atoms with Gasteiger partial charge in [0.05, 0.1) is 10.2 Å². The van der Waals surface area contributed by atoms with E-state index in [0.717, 1.165) is 0 Å². The lowest BCUT2D eigenvalue weighted by molar-refractivity contribution is -0.818. The third kappa shape index (κ3) is 1.51. The number of hydrogen-bond donors (Lipinski definition) is 0. The molecule has 4 heteroatoms. The minimum atomic E-state index is -0.154. The van der Waals surface area contributed by atoms with E-state index in [4.69, 9.17) is 0 Å². The van der Waals surface area contributed by atoms with Gasteiger partial charge in [-0.2, -0.15) is 0 Å². The fourth-order valence-corrected chi connectivity index (χ4v) is 1.06. The van der Waals surface area contributed by atoms with Crippen LogP contribution in [0.15, 0.2) is 12.2 Å². The Balaban J connectivity index is 2.57. The van der Waals surface area contributed by atoms with Crippen molar-refractivity contribution >= 4 is 15.9 Å². The SMILES string of the molecule is O=[N+]1OCC=CC1CBr. The number of rotatable bonds is 1.